The maximum atomic E-state index is 5.32. The second-order valence-electron chi connectivity index (χ2n) is 3.82. The second kappa shape index (κ2) is 6.45. The number of hydrogen-bond donors (Lipinski definition) is 3. The van der Waals surface area contributed by atoms with Gasteiger partial charge in [0.15, 0.2) is 0 Å². The summed E-state index contributed by atoms with van der Waals surface area (Å²) in [4.78, 5) is 14.4. The van der Waals surface area contributed by atoms with Crippen LogP contribution in [0.25, 0.3) is 0 Å². The third kappa shape index (κ3) is 4.23. The first-order chi connectivity index (χ1) is 8.06. The number of nitrogens with zero attached hydrogens (tertiary/aromatic N) is 4. The van der Waals surface area contributed by atoms with E-state index < -0.39 is 0 Å². The van der Waals surface area contributed by atoms with E-state index in [0.29, 0.717) is 17.8 Å². The van der Waals surface area contributed by atoms with E-state index in [1.165, 1.54) is 0 Å². The molecule has 0 aromatic carbocycles. The molecule has 0 amide bonds. The van der Waals surface area contributed by atoms with Crippen molar-refractivity contribution in [3.05, 3.63) is 0 Å². The van der Waals surface area contributed by atoms with Crippen LogP contribution in [0.3, 0.4) is 0 Å². The highest BCUT2D eigenvalue weighted by Crippen LogP contribution is 2.12. The van der Waals surface area contributed by atoms with E-state index in [-0.39, 0.29) is 6.04 Å². The van der Waals surface area contributed by atoms with Gasteiger partial charge < -0.3 is 10.2 Å². The molecular weight excluding hydrogens is 238 g/mol. The number of aromatic nitrogens is 3. The molecule has 0 spiro atoms. The molecule has 0 aliphatic rings. The molecule has 0 bridgehead atoms. The third-order valence-corrected chi connectivity index (χ3v) is 2.78. The van der Waals surface area contributed by atoms with Gasteiger partial charge in [0, 0.05) is 25.9 Å². The van der Waals surface area contributed by atoms with Crippen molar-refractivity contribution in [2.45, 2.75) is 13.0 Å². The zero-order chi connectivity index (χ0) is 12.8. The van der Waals surface area contributed by atoms with Crippen LogP contribution in [0.1, 0.15) is 6.92 Å². The molecule has 7 nitrogen and oxygen atoms in total. The minimum absolute atomic E-state index is 0.285. The van der Waals surface area contributed by atoms with Gasteiger partial charge in [0.05, 0.1) is 0 Å². The fourth-order valence-electron chi connectivity index (χ4n) is 1.21. The fraction of sp³-hybridized carbons (Fsp3) is 0.667. The maximum Gasteiger partial charge on any atom is 0.243 e. The third-order valence-electron chi connectivity index (χ3n) is 1.94. The fourth-order valence-corrected chi connectivity index (χ4v) is 1.79. The molecule has 1 rings (SSSR count). The predicted octanol–water partition coefficient (Wildman–Crippen LogP) is 0.387. The molecule has 0 aliphatic heterocycles. The van der Waals surface area contributed by atoms with Crippen LogP contribution in [0.5, 0.6) is 0 Å². The number of thioether (sulfide) groups is 1. The van der Waals surface area contributed by atoms with E-state index in [1.54, 1.807) is 16.7 Å². The van der Waals surface area contributed by atoms with Crippen molar-refractivity contribution >= 4 is 29.6 Å². The first kappa shape index (κ1) is 13.8. The molecule has 8 heteroatoms. The van der Waals surface area contributed by atoms with Crippen molar-refractivity contribution in [3.8, 4) is 0 Å². The van der Waals surface area contributed by atoms with Crippen LogP contribution in [0.2, 0.25) is 0 Å². The molecule has 1 heterocycles. The van der Waals surface area contributed by atoms with Crippen molar-refractivity contribution < 1.29 is 0 Å². The van der Waals surface area contributed by atoms with Crippen molar-refractivity contribution in [1.82, 2.24) is 15.0 Å². The molecule has 0 radical (unpaired) electrons. The van der Waals surface area contributed by atoms with Crippen LogP contribution < -0.4 is 21.5 Å². The Kier molecular flexibility index (Phi) is 5.23. The van der Waals surface area contributed by atoms with Gasteiger partial charge in [0.2, 0.25) is 17.8 Å². The average molecular weight is 257 g/mol. The lowest BCUT2D eigenvalue weighted by atomic mass is 10.4. The molecule has 1 unspecified atom stereocenters. The first-order valence-electron chi connectivity index (χ1n) is 5.22. The van der Waals surface area contributed by atoms with E-state index in [4.69, 9.17) is 5.84 Å². The lowest BCUT2D eigenvalue weighted by Crippen LogP contribution is -2.23. The summed E-state index contributed by atoms with van der Waals surface area (Å²) in [6.07, 6.45) is 2.06. The molecule has 4 N–H and O–H groups in total. The number of hydrogen-bond acceptors (Lipinski definition) is 8. The normalized spacial score (nSPS) is 12.1. The summed E-state index contributed by atoms with van der Waals surface area (Å²) in [5.41, 5.74) is 2.43. The van der Waals surface area contributed by atoms with Crippen LogP contribution in [0.15, 0.2) is 0 Å². The van der Waals surface area contributed by atoms with Crippen molar-refractivity contribution in [1.29, 1.82) is 0 Å². The smallest absolute Gasteiger partial charge is 0.243 e. The summed E-state index contributed by atoms with van der Waals surface area (Å²) in [6, 6.07) is 0.285. The predicted molar refractivity (Wildman–Crippen MR) is 73.4 cm³/mol. The maximum absolute atomic E-state index is 5.32. The number of rotatable bonds is 6. The molecule has 17 heavy (non-hydrogen) atoms. The summed E-state index contributed by atoms with van der Waals surface area (Å²) in [7, 11) is 3.73. The Hall–Kier alpha value is -1.28. The molecular formula is C9H19N7S. The van der Waals surface area contributed by atoms with Gasteiger partial charge in [-0.1, -0.05) is 0 Å². The highest BCUT2D eigenvalue weighted by Gasteiger charge is 2.09. The summed E-state index contributed by atoms with van der Waals surface area (Å²) in [5, 5.41) is 3.21. The second-order valence-corrected chi connectivity index (χ2v) is 4.73. The Bertz CT molecular complexity index is 357. The number of anilines is 3. The summed E-state index contributed by atoms with van der Waals surface area (Å²) < 4.78 is 0. The zero-order valence-electron chi connectivity index (χ0n) is 10.6. The quantitative estimate of drug-likeness (QED) is 0.498. The number of nitrogen functional groups attached to an aromatic ring is 1. The number of nitrogens with two attached hydrogens (primary N) is 1. The van der Waals surface area contributed by atoms with E-state index in [2.05, 4.69) is 38.9 Å². The van der Waals surface area contributed by atoms with E-state index in [9.17, 15) is 0 Å². The van der Waals surface area contributed by atoms with Gasteiger partial charge in [-0.15, -0.1) is 0 Å². The minimum Gasteiger partial charge on any atom is -0.351 e. The van der Waals surface area contributed by atoms with Crippen molar-refractivity contribution in [2.75, 3.05) is 41.7 Å². The summed E-state index contributed by atoms with van der Waals surface area (Å²) in [5.74, 6) is 7.74. The molecule has 96 valence electrons. The summed E-state index contributed by atoms with van der Waals surface area (Å²) in [6.45, 7) is 2.07. The Morgan fingerprint density at radius 3 is 2.47 bits per heavy atom. The van der Waals surface area contributed by atoms with Gasteiger partial charge in [-0.3, -0.25) is 5.43 Å². The zero-order valence-corrected chi connectivity index (χ0v) is 11.4. The van der Waals surface area contributed by atoms with E-state index in [0.717, 1.165) is 5.75 Å². The molecule has 0 fully saturated rings. The Labute approximate surface area is 106 Å². The van der Waals surface area contributed by atoms with Gasteiger partial charge in [0.1, 0.15) is 0 Å². The Morgan fingerprint density at radius 2 is 1.94 bits per heavy atom. The Morgan fingerprint density at radius 1 is 1.29 bits per heavy atom. The lowest BCUT2D eigenvalue weighted by Gasteiger charge is -2.16. The standard InChI is InChI=1S/C9H19N7S/c1-6(5-17-4)11-7-12-8(15-10)14-9(13-7)16(2)3/h6H,5,10H2,1-4H3,(H2,11,12,13,14,15). The molecule has 0 aliphatic carbocycles. The number of hydrazine groups is 1. The van der Waals surface area contributed by atoms with Crippen molar-refractivity contribution in [2.24, 2.45) is 5.84 Å². The van der Waals surface area contributed by atoms with E-state index >= 15 is 0 Å². The molecule has 1 aromatic rings. The topological polar surface area (TPSA) is 92.0 Å². The van der Waals surface area contributed by atoms with Crippen molar-refractivity contribution in [3.63, 3.8) is 0 Å². The van der Waals surface area contributed by atoms with Gasteiger partial charge >= 0.3 is 0 Å². The van der Waals surface area contributed by atoms with E-state index in [1.807, 2.05) is 14.1 Å². The van der Waals surface area contributed by atoms with Gasteiger partial charge in [-0.05, 0) is 13.2 Å². The van der Waals surface area contributed by atoms with Crippen LogP contribution in [0.4, 0.5) is 17.8 Å². The highest BCUT2D eigenvalue weighted by molar-refractivity contribution is 7.98. The van der Waals surface area contributed by atoms with Gasteiger partial charge in [-0.2, -0.15) is 26.7 Å². The van der Waals surface area contributed by atoms with Gasteiger partial charge in [-0.25, -0.2) is 5.84 Å². The highest BCUT2D eigenvalue weighted by atomic mass is 32.2. The van der Waals surface area contributed by atoms with Crippen LogP contribution >= 0.6 is 11.8 Å². The Balaban J connectivity index is 2.87. The molecule has 1 atom stereocenters. The number of nitrogens with one attached hydrogen (secondary N) is 2. The minimum atomic E-state index is 0.285. The summed E-state index contributed by atoms with van der Waals surface area (Å²) >= 11 is 1.77. The average Bonchev–Trinajstić information content (AvgIpc) is 2.28. The van der Waals surface area contributed by atoms with Crippen LogP contribution in [-0.4, -0.2) is 47.1 Å². The lowest BCUT2D eigenvalue weighted by molar-refractivity contribution is 0.869. The van der Waals surface area contributed by atoms with Crippen LogP contribution in [-0.2, 0) is 0 Å². The van der Waals surface area contributed by atoms with Gasteiger partial charge in [0.25, 0.3) is 0 Å². The molecule has 1 aromatic heterocycles. The first-order valence-corrected chi connectivity index (χ1v) is 6.61. The largest absolute Gasteiger partial charge is 0.351 e. The SMILES string of the molecule is CSCC(C)Nc1nc(NN)nc(N(C)C)n1. The van der Waals surface area contributed by atoms with Crippen LogP contribution in [0, 0.1) is 0 Å². The monoisotopic (exact) mass is 257 g/mol. The molecule has 0 saturated carbocycles. The molecule has 0 saturated heterocycles.